The molecular formula is C28H28Cl3N3O. The van der Waals surface area contributed by atoms with E-state index in [9.17, 15) is 4.79 Å². The van der Waals surface area contributed by atoms with E-state index in [2.05, 4.69) is 17.0 Å². The van der Waals surface area contributed by atoms with Gasteiger partial charge in [0.2, 0.25) is 0 Å². The van der Waals surface area contributed by atoms with Crippen LogP contribution in [0.3, 0.4) is 0 Å². The number of aromatic nitrogens is 2. The summed E-state index contributed by atoms with van der Waals surface area (Å²) in [5.41, 5.74) is 3.32. The molecule has 182 valence electrons. The molecule has 1 atom stereocenters. The van der Waals surface area contributed by atoms with Crippen molar-refractivity contribution in [1.29, 1.82) is 0 Å². The first kappa shape index (κ1) is 25.7. The fourth-order valence-electron chi connectivity index (χ4n) is 4.84. The highest BCUT2D eigenvalue weighted by Crippen LogP contribution is 2.25. The lowest BCUT2D eigenvalue weighted by Crippen LogP contribution is -2.30. The van der Waals surface area contributed by atoms with Crippen LogP contribution >= 0.6 is 35.6 Å². The van der Waals surface area contributed by atoms with Crippen molar-refractivity contribution in [1.82, 2.24) is 14.7 Å². The van der Waals surface area contributed by atoms with Gasteiger partial charge < -0.3 is 0 Å². The van der Waals surface area contributed by atoms with E-state index in [-0.39, 0.29) is 24.0 Å². The van der Waals surface area contributed by atoms with Crippen molar-refractivity contribution >= 4 is 46.4 Å². The second-order valence-electron chi connectivity index (χ2n) is 9.03. The molecule has 0 N–H and O–H groups in total. The highest BCUT2D eigenvalue weighted by Gasteiger charge is 2.22. The van der Waals surface area contributed by atoms with Crippen LogP contribution in [0.25, 0.3) is 10.8 Å². The van der Waals surface area contributed by atoms with Gasteiger partial charge in [-0.1, -0.05) is 65.7 Å². The summed E-state index contributed by atoms with van der Waals surface area (Å²) in [6, 6.07) is 23.8. The molecule has 1 aromatic heterocycles. The average molecular weight is 529 g/mol. The lowest BCUT2D eigenvalue weighted by atomic mass is 10.0. The number of hydrogen-bond donors (Lipinski definition) is 0. The maximum Gasteiger partial charge on any atom is 0.274 e. The largest absolute Gasteiger partial charge is 0.299 e. The number of rotatable bonds is 5. The predicted octanol–water partition coefficient (Wildman–Crippen LogP) is 6.94. The highest BCUT2D eigenvalue weighted by molar-refractivity contribution is 6.30. The zero-order valence-electron chi connectivity index (χ0n) is 19.4. The molecule has 1 saturated heterocycles. The molecule has 1 unspecified atom stereocenters. The monoisotopic (exact) mass is 527 g/mol. The van der Waals surface area contributed by atoms with Gasteiger partial charge >= 0.3 is 0 Å². The molecule has 0 amide bonds. The van der Waals surface area contributed by atoms with Crippen LogP contribution in [0.4, 0.5) is 0 Å². The van der Waals surface area contributed by atoms with Crippen LogP contribution in [0.2, 0.25) is 10.0 Å². The summed E-state index contributed by atoms with van der Waals surface area (Å²) in [4.78, 5) is 15.9. The third kappa shape index (κ3) is 6.07. The Labute approximate surface area is 221 Å². The zero-order valence-corrected chi connectivity index (χ0v) is 21.7. The van der Waals surface area contributed by atoms with Crippen molar-refractivity contribution in [3.8, 4) is 0 Å². The first-order chi connectivity index (χ1) is 16.6. The minimum Gasteiger partial charge on any atom is -0.299 e. The van der Waals surface area contributed by atoms with Crippen LogP contribution in [0.5, 0.6) is 0 Å². The van der Waals surface area contributed by atoms with Gasteiger partial charge in [0.25, 0.3) is 5.56 Å². The summed E-state index contributed by atoms with van der Waals surface area (Å²) in [5, 5.41) is 8.08. The summed E-state index contributed by atoms with van der Waals surface area (Å²) < 4.78 is 1.76. The molecule has 0 radical (unpaired) electrons. The Kier molecular flexibility index (Phi) is 8.51. The van der Waals surface area contributed by atoms with E-state index in [0.717, 1.165) is 65.9 Å². The Morgan fingerprint density at radius 1 is 0.800 bits per heavy atom. The molecule has 35 heavy (non-hydrogen) atoms. The Morgan fingerprint density at radius 3 is 2.11 bits per heavy atom. The van der Waals surface area contributed by atoms with Crippen molar-refractivity contribution in [3.63, 3.8) is 0 Å². The highest BCUT2D eigenvalue weighted by atomic mass is 35.5. The molecule has 4 aromatic rings. The topological polar surface area (TPSA) is 38.1 Å². The quantitative estimate of drug-likeness (QED) is 0.281. The summed E-state index contributed by atoms with van der Waals surface area (Å²) in [6.45, 7) is 2.84. The SMILES string of the molecule is Cl.O=c1c2ccccc2c(Cc2ccc(Cl)cc2)nn1C1CCCN(Cc2ccc(Cl)cc2)CC1. The van der Waals surface area contributed by atoms with E-state index in [1.54, 1.807) is 4.68 Å². The average Bonchev–Trinajstić information content (AvgIpc) is 3.09. The van der Waals surface area contributed by atoms with Crippen LogP contribution in [0.1, 0.15) is 42.1 Å². The number of benzene rings is 3. The Morgan fingerprint density at radius 2 is 1.43 bits per heavy atom. The summed E-state index contributed by atoms with van der Waals surface area (Å²) >= 11 is 12.1. The minimum absolute atomic E-state index is 0. The molecule has 0 bridgehead atoms. The molecular weight excluding hydrogens is 501 g/mol. The fraction of sp³-hybridized carbons (Fsp3) is 0.286. The van der Waals surface area contributed by atoms with Crippen LogP contribution in [0.15, 0.2) is 77.6 Å². The first-order valence-corrected chi connectivity index (χ1v) is 12.5. The van der Waals surface area contributed by atoms with Gasteiger partial charge in [-0.15, -0.1) is 12.4 Å². The van der Waals surface area contributed by atoms with Gasteiger partial charge in [0.1, 0.15) is 0 Å². The van der Waals surface area contributed by atoms with E-state index in [4.69, 9.17) is 28.3 Å². The van der Waals surface area contributed by atoms with Crippen molar-refractivity contribution in [2.45, 2.75) is 38.3 Å². The van der Waals surface area contributed by atoms with E-state index in [1.165, 1.54) is 5.56 Å². The number of nitrogens with zero attached hydrogens (tertiary/aromatic N) is 3. The second-order valence-corrected chi connectivity index (χ2v) is 9.91. The minimum atomic E-state index is 0. The van der Waals surface area contributed by atoms with Crippen LogP contribution < -0.4 is 5.56 Å². The van der Waals surface area contributed by atoms with Crippen LogP contribution in [-0.4, -0.2) is 27.8 Å². The van der Waals surface area contributed by atoms with Gasteiger partial charge in [0.15, 0.2) is 0 Å². The van der Waals surface area contributed by atoms with E-state index < -0.39 is 0 Å². The number of halogens is 3. The molecule has 0 aliphatic carbocycles. The number of likely N-dealkylation sites (tertiary alicyclic amines) is 1. The first-order valence-electron chi connectivity index (χ1n) is 11.8. The van der Waals surface area contributed by atoms with Gasteiger partial charge in [0, 0.05) is 34.9 Å². The molecule has 3 aromatic carbocycles. The Balaban J connectivity index is 0.00000289. The van der Waals surface area contributed by atoms with Crippen molar-refractivity contribution in [2.24, 2.45) is 0 Å². The van der Waals surface area contributed by atoms with Crippen LogP contribution in [-0.2, 0) is 13.0 Å². The third-order valence-corrected chi connectivity index (χ3v) is 7.15. The van der Waals surface area contributed by atoms with Gasteiger partial charge in [-0.3, -0.25) is 9.69 Å². The maximum absolute atomic E-state index is 13.5. The lowest BCUT2D eigenvalue weighted by molar-refractivity contribution is 0.270. The molecule has 7 heteroatoms. The molecule has 0 saturated carbocycles. The number of fused-ring (bicyclic) bond motifs is 1. The lowest BCUT2D eigenvalue weighted by Gasteiger charge is -2.21. The Bertz CT molecular complexity index is 1340. The summed E-state index contributed by atoms with van der Waals surface area (Å²) in [7, 11) is 0. The van der Waals surface area contributed by atoms with Gasteiger partial charge in [-0.05, 0) is 67.3 Å². The normalized spacial score (nSPS) is 16.6. The van der Waals surface area contributed by atoms with E-state index in [1.807, 2.05) is 60.7 Å². The Hall–Kier alpha value is -2.37. The van der Waals surface area contributed by atoms with Crippen molar-refractivity contribution in [3.05, 3.63) is 110 Å². The van der Waals surface area contributed by atoms with Crippen molar-refractivity contribution in [2.75, 3.05) is 13.1 Å². The van der Waals surface area contributed by atoms with Crippen LogP contribution in [0, 0.1) is 0 Å². The van der Waals surface area contributed by atoms with Gasteiger partial charge in [-0.2, -0.15) is 5.10 Å². The fourth-order valence-corrected chi connectivity index (χ4v) is 5.09. The molecule has 2 heterocycles. The standard InChI is InChI=1S/C28H27Cl2N3O.ClH/c29-22-11-7-20(8-12-22)18-27-25-5-1-2-6-26(25)28(34)33(31-27)24-4-3-16-32(17-15-24)19-21-9-13-23(30)14-10-21;/h1-2,5-14,24H,3-4,15-19H2;1H. The summed E-state index contributed by atoms with van der Waals surface area (Å²) in [5.74, 6) is 0. The predicted molar refractivity (Wildman–Crippen MR) is 147 cm³/mol. The molecule has 4 nitrogen and oxygen atoms in total. The molecule has 5 rings (SSSR count). The molecule has 1 fully saturated rings. The third-order valence-electron chi connectivity index (χ3n) is 6.65. The van der Waals surface area contributed by atoms with Gasteiger partial charge in [0.05, 0.1) is 17.1 Å². The number of hydrogen-bond acceptors (Lipinski definition) is 3. The molecule has 1 aliphatic rings. The zero-order chi connectivity index (χ0) is 23.5. The van der Waals surface area contributed by atoms with Crippen molar-refractivity contribution < 1.29 is 0 Å². The van der Waals surface area contributed by atoms with E-state index >= 15 is 0 Å². The molecule has 1 aliphatic heterocycles. The van der Waals surface area contributed by atoms with Gasteiger partial charge in [-0.25, -0.2) is 4.68 Å². The van der Waals surface area contributed by atoms with E-state index in [0.29, 0.717) is 11.4 Å². The summed E-state index contributed by atoms with van der Waals surface area (Å²) in [6.07, 6.45) is 3.54. The smallest absolute Gasteiger partial charge is 0.274 e. The maximum atomic E-state index is 13.5. The second kappa shape index (κ2) is 11.6. The molecule has 0 spiro atoms.